The van der Waals surface area contributed by atoms with Gasteiger partial charge in [0, 0.05) is 10.2 Å². The fourth-order valence-electron chi connectivity index (χ4n) is 4.69. The number of rotatable bonds is 7. The molecule has 2 heterocycles. The Hall–Kier alpha value is -0.186. The lowest BCUT2D eigenvalue weighted by molar-refractivity contribution is -0.173. The summed E-state index contributed by atoms with van der Waals surface area (Å²) in [6.45, 7) is 24.5. The van der Waals surface area contributed by atoms with Crippen LogP contribution in [0.15, 0.2) is 22.7 Å². The second kappa shape index (κ2) is 9.28. The summed E-state index contributed by atoms with van der Waals surface area (Å²) in [5.41, 5.74) is 7.73. The number of ether oxygens (including phenoxy) is 1. The molecule has 1 aromatic carbocycles. The van der Waals surface area contributed by atoms with Crippen LogP contribution in [0.1, 0.15) is 78.7 Å². The number of halogens is 1. The summed E-state index contributed by atoms with van der Waals surface area (Å²) in [5, 5.41) is 0.362. The lowest BCUT2D eigenvalue weighted by Crippen LogP contribution is -2.53. The summed E-state index contributed by atoms with van der Waals surface area (Å²) in [6.07, 6.45) is 4.05. The van der Waals surface area contributed by atoms with Crippen molar-refractivity contribution in [3.8, 4) is 0 Å². The first-order valence-electron chi connectivity index (χ1n) is 12.8. The van der Waals surface area contributed by atoms with Crippen molar-refractivity contribution >= 4 is 38.3 Å². The first-order chi connectivity index (χ1) is 15.3. The van der Waals surface area contributed by atoms with E-state index in [-0.39, 0.29) is 21.3 Å². The minimum absolute atomic E-state index is 0.181. The molecule has 0 unspecified atom stereocenters. The molecule has 4 nitrogen and oxygen atoms in total. The quantitative estimate of drug-likeness (QED) is 0.265. The van der Waals surface area contributed by atoms with Crippen LogP contribution in [0.5, 0.6) is 0 Å². The van der Waals surface area contributed by atoms with Gasteiger partial charge in [0.05, 0.1) is 24.4 Å². The van der Waals surface area contributed by atoms with Gasteiger partial charge in [-0.05, 0) is 101 Å². The summed E-state index contributed by atoms with van der Waals surface area (Å²) >= 11 is 3.65. The van der Waals surface area contributed by atoms with Crippen LogP contribution in [0.3, 0.4) is 0 Å². The van der Waals surface area contributed by atoms with Crippen LogP contribution in [-0.2, 0) is 13.6 Å². The maximum atomic E-state index is 7.05. The highest BCUT2D eigenvalue weighted by Crippen LogP contribution is 2.55. The highest BCUT2D eigenvalue weighted by molar-refractivity contribution is 9.10. The van der Waals surface area contributed by atoms with Crippen molar-refractivity contribution in [2.24, 2.45) is 0 Å². The standard InChI is InChI=1S/C27H48BrNO3Si2/c1-24(2,3)33(7,8)30-18-26-13-14-27(32-26,19-31-34(9,10)25(4,5)6)17-21(16-26)20-11-12-23(29)22(28)15-20/h11-12,15,21H,13-14,16-19,29H2,1-10H3/t21-,26-,27+. The van der Waals surface area contributed by atoms with E-state index in [1.165, 1.54) is 5.56 Å². The molecular weight excluding hydrogens is 522 g/mol. The molecule has 0 spiro atoms. The molecule has 0 amide bonds. The van der Waals surface area contributed by atoms with Crippen LogP contribution in [0.4, 0.5) is 5.69 Å². The molecule has 2 bridgehead atoms. The van der Waals surface area contributed by atoms with E-state index in [2.05, 4.69) is 95.8 Å². The molecule has 2 fully saturated rings. The number of anilines is 1. The first kappa shape index (κ1) is 28.4. The number of benzene rings is 1. The van der Waals surface area contributed by atoms with Crippen molar-refractivity contribution in [2.45, 2.75) is 121 Å². The number of hydrogen-bond donors (Lipinski definition) is 1. The molecule has 7 heteroatoms. The largest absolute Gasteiger partial charge is 0.414 e. The molecule has 194 valence electrons. The van der Waals surface area contributed by atoms with E-state index >= 15 is 0 Å². The Bertz CT molecular complexity index is 847. The Morgan fingerprint density at radius 1 is 0.912 bits per heavy atom. The summed E-state index contributed by atoms with van der Waals surface area (Å²) in [5.74, 6) is 0.402. The van der Waals surface area contributed by atoms with Gasteiger partial charge in [-0.3, -0.25) is 0 Å². The van der Waals surface area contributed by atoms with Crippen LogP contribution in [0.2, 0.25) is 36.3 Å². The summed E-state index contributed by atoms with van der Waals surface area (Å²) < 4.78 is 21.6. The number of nitrogen functional groups attached to an aromatic ring is 1. The van der Waals surface area contributed by atoms with Crippen molar-refractivity contribution in [1.29, 1.82) is 0 Å². The Morgan fingerprint density at radius 2 is 1.35 bits per heavy atom. The molecule has 3 atom stereocenters. The second-order valence-electron chi connectivity index (χ2n) is 14.0. The fourth-order valence-corrected chi connectivity index (χ4v) is 7.20. The normalized spacial score (nSPS) is 28.4. The van der Waals surface area contributed by atoms with Gasteiger partial charge in [0.2, 0.25) is 0 Å². The SMILES string of the molecule is CC(C)(C)[Si](C)(C)OC[C@@]12CC[C@@](CO[Si](C)(C)C(C)(C)C)(C[C@H](c3ccc(N)c(Br)c3)C1)O2. The first-order valence-corrected chi connectivity index (χ1v) is 19.4. The van der Waals surface area contributed by atoms with E-state index in [1.54, 1.807) is 0 Å². The van der Waals surface area contributed by atoms with E-state index in [0.29, 0.717) is 19.1 Å². The Balaban J connectivity index is 1.89. The fraction of sp³-hybridized carbons (Fsp3) is 0.778. The lowest BCUT2D eigenvalue weighted by Gasteiger charge is -2.47. The summed E-state index contributed by atoms with van der Waals surface area (Å²) in [4.78, 5) is 0. The molecule has 2 aliphatic rings. The molecule has 0 radical (unpaired) electrons. The van der Waals surface area contributed by atoms with Gasteiger partial charge in [-0.15, -0.1) is 0 Å². The highest BCUT2D eigenvalue weighted by Gasteiger charge is 2.57. The van der Waals surface area contributed by atoms with Gasteiger partial charge in [0.1, 0.15) is 0 Å². The van der Waals surface area contributed by atoms with Crippen LogP contribution >= 0.6 is 15.9 Å². The van der Waals surface area contributed by atoms with Crippen molar-refractivity contribution < 1.29 is 13.6 Å². The van der Waals surface area contributed by atoms with E-state index in [0.717, 1.165) is 35.8 Å². The smallest absolute Gasteiger partial charge is 0.192 e. The maximum absolute atomic E-state index is 7.05. The highest BCUT2D eigenvalue weighted by atomic mass is 79.9. The molecule has 34 heavy (non-hydrogen) atoms. The zero-order valence-electron chi connectivity index (χ0n) is 23.2. The third kappa shape index (κ3) is 5.86. The zero-order valence-corrected chi connectivity index (χ0v) is 26.8. The van der Waals surface area contributed by atoms with Crippen LogP contribution in [0, 0.1) is 0 Å². The van der Waals surface area contributed by atoms with Crippen LogP contribution < -0.4 is 5.73 Å². The number of fused-ring (bicyclic) bond motifs is 2. The Kier molecular flexibility index (Phi) is 7.75. The van der Waals surface area contributed by atoms with Crippen molar-refractivity contribution in [1.82, 2.24) is 0 Å². The molecule has 2 aliphatic heterocycles. The average Bonchev–Trinajstić information content (AvgIpc) is 2.97. The predicted molar refractivity (Wildman–Crippen MR) is 153 cm³/mol. The molecule has 3 rings (SSSR count). The van der Waals surface area contributed by atoms with Crippen molar-refractivity contribution in [3.05, 3.63) is 28.2 Å². The molecule has 0 aromatic heterocycles. The lowest BCUT2D eigenvalue weighted by atomic mass is 9.80. The van der Waals surface area contributed by atoms with E-state index in [9.17, 15) is 0 Å². The summed E-state index contributed by atoms with van der Waals surface area (Å²) in [6, 6.07) is 6.42. The molecule has 0 aliphatic carbocycles. The van der Waals surface area contributed by atoms with E-state index in [1.807, 2.05) is 6.07 Å². The molecular formula is C27H48BrNO3Si2. The number of hydrogen-bond acceptors (Lipinski definition) is 4. The monoisotopic (exact) mass is 569 g/mol. The van der Waals surface area contributed by atoms with Gasteiger partial charge >= 0.3 is 0 Å². The summed E-state index contributed by atoms with van der Waals surface area (Å²) in [7, 11) is -3.75. The topological polar surface area (TPSA) is 53.7 Å². The second-order valence-corrected chi connectivity index (χ2v) is 24.4. The van der Waals surface area contributed by atoms with Crippen LogP contribution in [-0.4, -0.2) is 41.1 Å². The molecule has 1 aromatic rings. The minimum Gasteiger partial charge on any atom is -0.414 e. The molecule has 2 saturated heterocycles. The maximum Gasteiger partial charge on any atom is 0.192 e. The van der Waals surface area contributed by atoms with Crippen molar-refractivity contribution in [2.75, 3.05) is 18.9 Å². The Morgan fingerprint density at radius 3 is 1.74 bits per heavy atom. The van der Waals surface area contributed by atoms with E-state index < -0.39 is 16.6 Å². The molecule has 2 N–H and O–H groups in total. The number of nitrogens with two attached hydrogens (primary N) is 1. The van der Waals surface area contributed by atoms with Gasteiger partial charge in [-0.25, -0.2) is 0 Å². The third-order valence-electron chi connectivity index (χ3n) is 9.21. The third-order valence-corrected chi connectivity index (χ3v) is 18.9. The minimum atomic E-state index is -1.88. The zero-order chi connectivity index (χ0) is 25.8. The average molecular weight is 571 g/mol. The van der Waals surface area contributed by atoms with Gasteiger partial charge in [0.15, 0.2) is 16.6 Å². The van der Waals surface area contributed by atoms with Crippen LogP contribution in [0.25, 0.3) is 0 Å². The van der Waals surface area contributed by atoms with E-state index in [4.69, 9.17) is 19.3 Å². The predicted octanol–water partition coefficient (Wildman–Crippen LogP) is 8.24. The van der Waals surface area contributed by atoms with Crippen molar-refractivity contribution in [3.63, 3.8) is 0 Å². The van der Waals surface area contributed by atoms with Gasteiger partial charge in [0.25, 0.3) is 0 Å². The van der Waals surface area contributed by atoms with Gasteiger partial charge < -0.3 is 19.3 Å². The van der Waals surface area contributed by atoms with Gasteiger partial charge in [-0.2, -0.15) is 0 Å². The molecule has 0 saturated carbocycles. The Labute approximate surface area is 219 Å². The van der Waals surface area contributed by atoms with Gasteiger partial charge in [-0.1, -0.05) is 47.6 Å².